The van der Waals surface area contributed by atoms with Crippen molar-refractivity contribution in [3.05, 3.63) is 52.9 Å². The van der Waals surface area contributed by atoms with E-state index in [9.17, 15) is 16.8 Å². The smallest absolute Gasteiger partial charge is 0.170 e. The Morgan fingerprint density at radius 1 is 0.917 bits per heavy atom. The van der Waals surface area contributed by atoms with E-state index in [1.54, 1.807) is 31.2 Å². The molecule has 4 N–H and O–H groups in total. The van der Waals surface area contributed by atoms with Gasteiger partial charge in [-0.25, -0.2) is 16.8 Å². The summed E-state index contributed by atoms with van der Waals surface area (Å²) in [5.74, 6) is 1.98. The highest BCUT2D eigenvalue weighted by Gasteiger charge is 2.15. The maximum atomic E-state index is 11.5. The number of benzene rings is 2. The van der Waals surface area contributed by atoms with Crippen LogP contribution in [0.25, 0.3) is 5.70 Å². The highest BCUT2D eigenvalue weighted by atomic mass is 32.2. The number of sulfone groups is 2. The first-order valence-corrected chi connectivity index (χ1v) is 14.6. The van der Waals surface area contributed by atoms with Crippen molar-refractivity contribution in [1.82, 2.24) is 0 Å². The Kier molecular flexibility index (Phi) is 10.7. The first kappa shape index (κ1) is 27.6. The minimum absolute atomic E-state index is 0.168. The molecule has 0 aliphatic rings. The summed E-state index contributed by atoms with van der Waals surface area (Å²) in [6, 6.07) is 8.28. The summed E-state index contributed by atoms with van der Waals surface area (Å²) >= 11 is 0. The monoisotopic (exact) mass is 546 g/mol. The molecule has 0 aromatic heterocycles. The fourth-order valence-corrected chi connectivity index (χ4v) is 4.07. The fraction of sp³-hybridized carbons (Fsp3) is 0.417. The largest absolute Gasteiger partial charge is 0.493 e. The third-order valence-corrected chi connectivity index (χ3v) is 5.69. The molecule has 0 amide bonds. The van der Waals surface area contributed by atoms with Crippen LogP contribution in [-0.4, -0.2) is 62.5 Å². The lowest BCUT2D eigenvalue weighted by Gasteiger charge is -2.15. The molecule has 2 aromatic carbocycles. The molecule has 0 aliphatic heterocycles. The number of nitrogens with two attached hydrogens (primary N) is 2. The van der Waals surface area contributed by atoms with Crippen molar-refractivity contribution in [3.63, 3.8) is 0 Å². The van der Waals surface area contributed by atoms with Crippen LogP contribution >= 0.6 is 0 Å². The molecule has 0 unspecified atom stereocenters. The summed E-state index contributed by atoms with van der Waals surface area (Å²) < 4.78 is 81.6. The Labute approximate surface area is 216 Å². The molecule has 36 heavy (non-hydrogen) atoms. The average Bonchev–Trinajstić information content (AvgIpc) is 2.82. The summed E-state index contributed by atoms with van der Waals surface area (Å²) in [5, 5.41) is 1.02. The van der Waals surface area contributed by atoms with Crippen molar-refractivity contribution in [2.75, 3.05) is 45.6 Å². The topological polar surface area (TPSA) is 157 Å². The average molecular weight is 547 g/mol. The minimum Gasteiger partial charge on any atom is -0.493 e. The number of hydrogen-bond acceptors (Lipinski definition) is 10. The normalized spacial score (nSPS) is 13.9. The van der Waals surface area contributed by atoms with E-state index in [1.807, 2.05) is 6.92 Å². The van der Waals surface area contributed by atoms with Crippen molar-refractivity contribution in [2.24, 2.45) is 11.5 Å². The molecule has 202 valence electrons. The zero-order valence-corrected chi connectivity index (χ0v) is 22.9. The first-order valence-electron chi connectivity index (χ1n) is 11.8. The van der Waals surface area contributed by atoms with Crippen molar-refractivity contribution in [1.29, 1.82) is 0 Å². The van der Waals surface area contributed by atoms with Crippen LogP contribution in [0.5, 0.6) is 23.0 Å². The van der Waals surface area contributed by atoms with Crippen LogP contribution < -0.4 is 30.4 Å². The van der Waals surface area contributed by atoms with Gasteiger partial charge in [-0.15, -0.1) is 0 Å². The van der Waals surface area contributed by atoms with Gasteiger partial charge in [-0.1, -0.05) is 6.07 Å². The predicted octanol–water partition coefficient (Wildman–Crippen LogP) is 2.53. The highest BCUT2D eigenvalue weighted by molar-refractivity contribution is 7.93. The molecule has 0 saturated heterocycles. The minimum atomic E-state index is -3.95. The Bertz CT molecular complexity index is 1330. The molecular formula is C24H36N2O8S2. The van der Waals surface area contributed by atoms with Crippen molar-refractivity contribution < 1.29 is 38.5 Å². The zero-order valence-electron chi connectivity index (χ0n) is 23.3. The lowest BCUT2D eigenvalue weighted by molar-refractivity contribution is 0.310. The van der Waals surface area contributed by atoms with Crippen LogP contribution in [0.3, 0.4) is 0 Å². The molecule has 1 atom stereocenters. The molecule has 12 heteroatoms. The van der Waals surface area contributed by atoms with Gasteiger partial charge in [-0.3, -0.25) is 0 Å². The molecule has 0 spiro atoms. The predicted molar refractivity (Wildman–Crippen MR) is 142 cm³/mol. The molecule has 2 rings (SSSR count). The Balaban J connectivity index is 0.000000382. The molecule has 0 bridgehead atoms. The van der Waals surface area contributed by atoms with E-state index in [0.29, 0.717) is 47.3 Å². The second-order valence-corrected chi connectivity index (χ2v) is 11.1. The summed E-state index contributed by atoms with van der Waals surface area (Å²) in [7, 11) is -4.21. The molecule has 0 radical (unpaired) electrons. The summed E-state index contributed by atoms with van der Waals surface area (Å²) in [5.41, 5.74) is 9.99. The van der Waals surface area contributed by atoms with E-state index in [2.05, 4.69) is 0 Å². The SMILES string of the molecule is CCOc1cc(C(N)=CS(C)(=O)=O)ccc1OC.[2H]C([2H])([C@@H](N)c1ccc(OC)c(OCC)c1)S(C)(=O)=O. The zero-order chi connectivity index (χ0) is 29.3. The number of rotatable bonds is 11. The van der Waals surface area contributed by atoms with Gasteiger partial charge in [0.25, 0.3) is 0 Å². The van der Waals surface area contributed by atoms with Crippen LogP contribution in [-0.2, 0) is 19.7 Å². The third-order valence-electron chi connectivity index (χ3n) is 4.33. The van der Waals surface area contributed by atoms with E-state index in [-0.39, 0.29) is 5.70 Å². The van der Waals surface area contributed by atoms with Gasteiger partial charge < -0.3 is 30.4 Å². The van der Waals surface area contributed by atoms with Gasteiger partial charge in [0.05, 0.1) is 44.2 Å². The van der Waals surface area contributed by atoms with Crippen molar-refractivity contribution >= 4 is 25.4 Å². The summed E-state index contributed by atoms with van der Waals surface area (Å²) in [4.78, 5) is 0. The molecular weight excluding hydrogens is 508 g/mol. The standard InChI is InChI=1S/C12H19NO4S.C12H17NO4S/c2*1-4-17-12-7-9(5-6-11(12)16-2)10(13)8-18(3,14)15/h5-7,10H,4,8,13H2,1-3H3;5-8H,4,13H2,1-3H3/t10-;/m1./s1/i8D2;. The van der Waals surface area contributed by atoms with Gasteiger partial charge in [-0.2, -0.15) is 0 Å². The molecule has 0 aliphatic carbocycles. The van der Waals surface area contributed by atoms with E-state index in [4.69, 9.17) is 33.2 Å². The maximum absolute atomic E-state index is 11.5. The van der Waals surface area contributed by atoms with Crippen LogP contribution in [0.1, 0.15) is 33.8 Å². The fourth-order valence-electron chi connectivity index (χ4n) is 2.88. The van der Waals surface area contributed by atoms with Gasteiger partial charge in [0, 0.05) is 26.9 Å². The van der Waals surface area contributed by atoms with Gasteiger partial charge in [0.2, 0.25) is 0 Å². The Hall–Kier alpha value is -2.96. The van der Waals surface area contributed by atoms with E-state index in [0.717, 1.165) is 17.9 Å². The van der Waals surface area contributed by atoms with E-state index >= 15 is 0 Å². The van der Waals surface area contributed by atoms with E-state index < -0.39 is 31.4 Å². The number of methoxy groups -OCH3 is 2. The van der Waals surface area contributed by atoms with Crippen LogP contribution in [0.4, 0.5) is 0 Å². The molecule has 2 aromatic rings. The van der Waals surface area contributed by atoms with Gasteiger partial charge in [0.1, 0.15) is 9.84 Å². The van der Waals surface area contributed by atoms with Gasteiger partial charge in [0.15, 0.2) is 32.8 Å². The van der Waals surface area contributed by atoms with Gasteiger partial charge >= 0.3 is 0 Å². The lowest BCUT2D eigenvalue weighted by Crippen LogP contribution is -2.20. The number of hydrogen-bond donors (Lipinski definition) is 2. The second kappa shape index (κ2) is 14.0. The van der Waals surface area contributed by atoms with Crippen molar-refractivity contribution in [2.45, 2.75) is 19.9 Å². The number of ether oxygens (including phenoxy) is 4. The lowest BCUT2D eigenvalue weighted by atomic mass is 10.1. The Morgan fingerprint density at radius 2 is 1.42 bits per heavy atom. The summed E-state index contributed by atoms with van der Waals surface area (Å²) in [6.07, 6.45) is 1.91. The van der Waals surface area contributed by atoms with E-state index in [1.165, 1.54) is 26.4 Å². The highest BCUT2D eigenvalue weighted by Crippen LogP contribution is 2.31. The van der Waals surface area contributed by atoms with Crippen LogP contribution in [0.2, 0.25) is 0 Å². The van der Waals surface area contributed by atoms with Gasteiger partial charge in [-0.05, 0) is 49.7 Å². The van der Waals surface area contributed by atoms with Crippen LogP contribution in [0.15, 0.2) is 41.8 Å². The first-order chi connectivity index (χ1) is 17.5. The van der Waals surface area contributed by atoms with Crippen LogP contribution in [0, 0.1) is 0 Å². The maximum Gasteiger partial charge on any atom is 0.170 e. The summed E-state index contributed by atoms with van der Waals surface area (Å²) in [6.45, 7) is 4.52. The molecule has 0 heterocycles. The molecule has 0 saturated carbocycles. The molecule has 10 nitrogen and oxygen atoms in total. The second-order valence-electron chi connectivity index (χ2n) is 7.41. The third kappa shape index (κ3) is 10.8. The Morgan fingerprint density at radius 3 is 1.86 bits per heavy atom. The molecule has 0 fully saturated rings. The van der Waals surface area contributed by atoms with Crippen molar-refractivity contribution in [3.8, 4) is 23.0 Å². The quantitative estimate of drug-likeness (QED) is 0.429.